The first kappa shape index (κ1) is 27.5. The summed E-state index contributed by atoms with van der Waals surface area (Å²) in [5.41, 5.74) is -0.227. The summed E-state index contributed by atoms with van der Waals surface area (Å²) >= 11 is 0. The molecule has 0 saturated heterocycles. The van der Waals surface area contributed by atoms with E-state index in [1.165, 1.54) is 38.2 Å². The van der Waals surface area contributed by atoms with Crippen molar-refractivity contribution >= 4 is 32.8 Å². The van der Waals surface area contributed by atoms with Gasteiger partial charge in [0.1, 0.15) is 35.0 Å². The van der Waals surface area contributed by atoms with Gasteiger partial charge < -0.3 is 24.3 Å². The Bertz CT molecular complexity index is 1690. The highest BCUT2D eigenvalue weighted by molar-refractivity contribution is 7.92. The first-order valence-corrected chi connectivity index (χ1v) is 14.0. The zero-order chi connectivity index (χ0) is 28.8. The maximum Gasteiger partial charge on any atom is 0.255 e. The number of hydrogen-bond donors (Lipinski definition) is 2. The van der Waals surface area contributed by atoms with E-state index in [1.54, 1.807) is 24.3 Å². The molecule has 0 radical (unpaired) electrons. The topological polar surface area (TPSA) is 131 Å². The number of ether oxygens (including phenoxy) is 2. The zero-order valence-corrected chi connectivity index (χ0v) is 22.5. The Morgan fingerprint density at radius 3 is 2.35 bits per heavy atom. The van der Waals surface area contributed by atoms with Crippen LogP contribution in [0.5, 0.6) is 11.5 Å². The lowest BCUT2D eigenvalue weighted by molar-refractivity contribution is -0.0239. The van der Waals surface area contributed by atoms with E-state index in [1.807, 2.05) is 0 Å². The number of carbonyl (C=O) groups excluding carboxylic acids is 1. The van der Waals surface area contributed by atoms with E-state index in [9.17, 15) is 22.7 Å². The molecule has 0 fully saturated rings. The number of sulfonamides is 1. The number of amides is 1. The molecule has 0 unspecified atom stereocenters. The van der Waals surface area contributed by atoms with E-state index in [2.05, 4.69) is 10.3 Å². The Morgan fingerprint density at radius 2 is 1.77 bits per heavy atom. The van der Waals surface area contributed by atoms with Crippen LogP contribution in [0.15, 0.2) is 52.9 Å². The number of carbonyl (C=O) groups is 1. The van der Waals surface area contributed by atoms with E-state index < -0.39 is 46.4 Å². The molecule has 40 heavy (non-hydrogen) atoms. The van der Waals surface area contributed by atoms with Crippen molar-refractivity contribution in [3.05, 3.63) is 71.3 Å². The third kappa shape index (κ3) is 4.98. The van der Waals surface area contributed by atoms with Crippen molar-refractivity contribution in [1.29, 1.82) is 0 Å². The predicted molar refractivity (Wildman–Crippen MR) is 142 cm³/mol. The molecule has 13 heteroatoms. The Kier molecular flexibility index (Phi) is 7.21. The van der Waals surface area contributed by atoms with Gasteiger partial charge in [0, 0.05) is 12.6 Å². The lowest BCUT2D eigenvalue weighted by Crippen LogP contribution is -2.38. The van der Waals surface area contributed by atoms with Crippen LogP contribution in [0, 0.1) is 11.6 Å². The highest BCUT2D eigenvalue weighted by Gasteiger charge is 2.38. The number of hydrogen-bond acceptors (Lipinski definition) is 8. The van der Waals surface area contributed by atoms with Gasteiger partial charge in [0.2, 0.25) is 15.7 Å². The van der Waals surface area contributed by atoms with E-state index in [-0.39, 0.29) is 40.3 Å². The summed E-state index contributed by atoms with van der Waals surface area (Å²) in [6.45, 7) is 0.705. The van der Waals surface area contributed by atoms with Crippen molar-refractivity contribution in [3.63, 3.8) is 0 Å². The Balaban J connectivity index is 1.66. The fourth-order valence-corrected chi connectivity index (χ4v) is 5.45. The molecule has 0 aliphatic carbocycles. The van der Waals surface area contributed by atoms with Crippen LogP contribution in [-0.2, 0) is 14.8 Å². The van der Waals surface area contributed by atoms with Gasteiger partial charge >= 0.3 is 0 Å². The van der Waals surface area contributed by atoms with Crippen LogP contribution in [0.4, 0.5) is 14.6 Å². The number of furan rings is 1. The number of pyridine rings is 1. The Hall–Kier alpha value is -4.07. The minimum atomic E-state index is -3.97. The molecule has 1 amide bonds. The van der Waals surface area contributed by atoms with Gasteiger partial charge in [0.25, 0.3) is 5.91 Å². The van der Waals surface area contributed by atoms with Gasteiger partial charge in [-0.1, -0.05) is 0 Å². The van der Waals surface area contributed by atoms with E-state index >= 15 is 4.39 Å². The number of aliphatic hydroxyl groups excluding tert-OH is 1. The van der Waals surface area contributed by atoms with Crippen LogP contribution in [0.3, 0.4) is 0 Å². The number of aliphatic hydroxyl groups is 1. The van der Waals surface area contributed by atoms with Crippen LogP contribution in [0.2, 0.25) is 0 Å². The summed E-state index contributed by atoms with van der Waals surface area (Å²) in [7, 11) is -2.59. The van der Waals surface area contributed by atoms with Gasteiger partial charge in [-0.3, -0.25) is 9.10 Å². The molecular weight excluding hydrogens is 548 g/mol. The quantitative estimate of drug-likeness (QED) is 0.352. The summed E-state index contributed by atoms with van der Waals surface area (Å²) in [5.74, 6) is -1.41. The fraction of sp³-hybridized carbons (Fsp3) is 0.259. The average Bonchev–Trinajstić information content (AvgIpc) is 3.23. The number of anilines is 1. The molecular formula is C27H25F2N3O7S. The molecule has 0 spiro atoms. The number of nitrogens with zero attached hydrogens (tertiary/aromatic N) is 2. The summed E-state index contributed by atoms with van der Waals surface area (Å²) < 4.78 is 73.0. The third-order valence-electron chi connectivity index (χ3n) is 6.43. The lowest BCUT2D eigenvalue weighted by Gasteiger charge is -2.22. The van der Waals surface area contributed by atoms with Gasteiger partial charge in [-0.2, -0.15) is 4.98 Å². The number of nitrogens with one attached hydrogen (secondary N) is 1. The first-order valence-electron chi connectivity index (χ1n) is 12.2. The molecule has 0 saturated carbocycles. The Morgan fingerprint density at radius 1 is 1.15 bits per heavy atom. The van der Waals surface area contributed by atoms with Crippen molar-refractivity contribution in [2.45, 2.75) is 19.1 Å². The zero-order valence-electron chi connectivity index (χ0n) is 21.6. The molecule has 2 aromatic carbocycles. The molecule has 1 aliphatic rings. The van der Waals surface area contributed by atoms with Gasteiger partial charge in [-0.15, -0.1) is 0 Å². The average molecular weight is 574 g/mol. The number of aromatic nitrogens is 1. The number of benzene rings is 2. The minimum Gasteiger partial charge on any atom is -0.457 e. The molecule has 2 atom stereocenters. The second kappa shape index (κ2) is 10.5. The maximum atomic E-state index is 16.3. The lowest BCUT2D eigenvalue weighted by atomic mass is 10.0. The van der Waals surface area contributed by atoms with Crippen molar-refractivity contribution in [2.24, 2.45) is 0 Å². The highest BCUT2D eigenvalue weighted by atomic mass is 32.2. The summed E-state index contributed by atoms with van der Waals surface area (Å²) in [6, 6.07) is 11.8. The molecule has 3 heterocycles. The fourth-order valence-electron chi connectivity index (χ4n) is 4.56. The molecule has 2 aromatic heterocycles. The highest BCUT2D eigenvalue weighted by Crippen LogP contribution is 2.42. The predicted octanol–water partition coefficient (Wildman–Crippen LogP) is 4.14. The van der Waals surface area contributed by atoms with E-state index in [0.29, 0.717) is 17.1 Å². The monoisotopic (exact) mass is 573 g/mol. The van der Waals surface area contributed by atoms with Crippen LogP contribution in [-0.4, -0.2) is 57.0 Å². The van der Waals surface area contributed by atoms with Crippen molar-refractivity contribution in [2.75, 3.05) is 30.8 Å². The standard InChI is InChI=1S/C27H25F2N3O7S/c1-14-20-23(29)21-22(26(34)30-2)24(15-4-8-17(9-5-15)38-18-10-6-16(28)7-11-18)39-27(21)31-25(20)32(40(3,35)36)12-19(13-33)37-14/h4-11,14,19,33H,12-13H2,1-3H3,(H,30,34)/t14-,19-/m0/s1. The van der Waals surface area contributed by atoms with Crippen molar-refractivity contribution < 1.29 is 41.0 Å². The van der Waals surface area contributed by atoms with Crippen LogP contribution >= 0.6 is 0 Å². The van der Waals surface area contributed by atoms with Gasteiger partial charge in [0.15, 0.2) is 5.82 Å². The molecule has 1 aliphatic heterocycles. The van der Waals surface area contributed by atoms with Crippen LogP contribution in [0.25, 0.3) is 22.4 Å². The minimum absolute atomic E-state index is 0.00181. The molecule has 210 valence electrons. The third-order valence-corrected chi connectivity index (χ3v) is 7.55. The smallest absolute Gasteiger partial charge is 0.255 e. The number of rotatable bonds is 6. The van der Waals surface area contributed by atoms with Crippen LogP contribution < -0.4 is 14.4 Å². The SMILES string of the molecule is CNC(=O)c1c(-c2ccc(Oc3ccc(F)cc3)cc2)oc2nc3c(c(F)c12)[C@H](C)O[C@H](CO)CN3S(C)(=O)=O. The van der Waals surface area contributed by atoms with Crippen molar-refractivity contribution in [1.82, 2.24) is 10.3 Å². The van der Waals surface area contributed by atoms with E-state index in [0.717, 1.165) is 10.6 Å². The maximum absolute atomic E-state index is 16.3. The molecule has 2 N–H and O–H groups in total. The van der Waals surface area contributed by atoms with Crippen molar-refractivity contribution in [3.8, 4) is 22.8 Å². The van der Waals surface area contributed by atoms with E-state index in [4.69, 9.17) is 13.9 Å². The summed E-state index contributed by atoms with van der Waals surface area (Å²) in [6.07, 6.45) is -1.01. The largest absolute Gasteiger partial charge is 0.457 e. The van der Waals surface area contributed by atoms with Crippen LogP contribution in [0.1, 0.15) is 28.9 Å². The molecule has 4 aromatic rings. The molecule has 5 rings (SSSR count). The number of fused-ring (bicyclic) bond motifs is 2. The Labute approximate surface area is 228 Å². The summed E-state index contributed by atoms with van der Waals surface area (Å²) in [5, 5.41) is 11.9. The second-order valence-corrected chi connectivity index (χ2v) is 11.1. The molecule has 0 bridgehead atoms. The second-order valence-electron chi connectivity index (χ2n) is 9.19. The normalized spacial score (nSPS) is 17.4. The van der Waals surface area contributed by atoms with Gasteiger partial charge in [-0.25, -0.2) is 17.2 Å². The van der Waals surface area contributed by atoms with Gasteiger partial charge in [0.05, 0.1) is 42.0 Å². The first-order chi connectivity index (χ1) is 19.0. The molecule has 10 nitrogen and oxygen atoms in total. The number of halogens is 2. The van der Waals surface area contributed by atoms with Gasteiger partial charge in [-0.05, 0) is 55.5 Å². The summed E-state index contributed by atoms with van der Waals surface area (Å²) in [4.78, 5) is 17.4.